The Kier molecular flexibility index (Phi) is 5.17. The molecule has 0 spiro atoms. The van der Waals surface area contributed by atoms with Crippen LogP contribution in [0.25, 0.3) is 0 Å². The molecule has 0 aromatic carbocycles. The molecule has 86 valence electrons. The minimum absolute atomic E-state index is 0.299. The van der Waals surface area contributed by atoms with E-state index in [9.17, 15) is 0 Å². The molecule has 0 bridgehead atoms. The Morgan fingerprint density at radius 2 is 1.87 bits per heavy atom. The number of aliphatic hydroxyl groups is 3. The minimum atomic E-state index is -1.00. The van der Waals surface area contributed by atoms with Crippen molar-refractivity contribution < 1.29 is 15.3 Å². The average Bonchev–Trinajstić information content (AvgIpc) is 2.67. The van der Waals surface area contributed by atoms with Gasteiger partial charge in [-0.2, -0.15) is 0 Å². The number of hydrogen-bond donors (Lipinski definition) is 4. The van der Waals surface area contributed by atoms with Gasteiger partial charge in [-0.05, 0) is 22.0 Å². The van der Waals surface area contributed by atoms with Gasteiger partial charge < -0.3 is 20.6 Å². The van der Waals surface area contributed by atoms with E-state index in [4.69, 9.17) is 15.3 Å². The quantitative estimate of drug-likeness (QED) is 0.610. The summed E-state index contributed by atoms with van der Waals surface area (Å²) < 4.78 is 1.01. The van der Waals surface area contributed by atoms with Crippen molar-refractivity contribution in [2.75, 3.05) is 19.8 Å². The fraction of sp³-hybridized carbons (Fsp3) is 0.556. The molecular formula is C9H14BrNO3S. The smallest absolute Gasteiger partial charge is 0.0884 e. The van der Waals surface area contributed by atoms with Gasteiger partial charge in [0, 0.05) is 21.3 Å². The Balaban J connectivity index is 2.54. The van der Waals surface area contributed by atoms with E-state index >= 15 is 0 Å². The van der Waals surface area contributed by atoms with Gasteiger partial charge in [-0.1, -0.05) is 0 Å². The van der Waals surface area contributed by atoms with Crippen LogP contribution >= 0.6 is 27.3 Å². The maximum absolute atomic E-state index is 9.07. The highest BCUT2D eigenvalue weighted by molar-refractivity contribution is 9.10. The first-order chi connectivity index (χ1) is 7.15. The number of nitrogens with one attached hydrogen (secondary N) is 1. The number of hydrogen-bond acceptors (Lipinski definition) is 5. The lowest BCUT2D eigenvalue weighted by Crippen LogP contribution is -2.54. The second-order valence-electron chi connectivity index (χ2n) is 3.34. The molecule has 1 heterocycles. The normalized spacial score (nSPS) is 12.0. The highest BCUT2D eigenvalue weighted by Gasteiger charge is 2.27. The van der Waals surface area contributed by atoms with Crippen LogP contribution in [0.2, 0.25) is 0 Å². The first kappa shape index (κ1) is 13.1. The van der Waals surface area contributed by atoms with E-state index in [1.54, 1.807) is 11.3 Å². The first-order valence-electron chi connectivity index (χ1n) is 4.46. The summed E-state index contributed by atoms with van der Waals surface area (Å²) in [6.07, 6.45) is 0. The van der Waals surface area contributed by atoms with E-state index in [0.717, 1.165) is 9.35 Å². The third kappa shape index (κ3) is 3.51. The molecule has 1 rings (SSSR count). The number of halogens is 1. The van der Waals surface area contributed by atoms with E-state index in [-0.39, 0.29) is 19.8 Å². The standard InChI is InChI=1S/C9H14BrNO3S/c10-7-1-8(15-3-7)2-11-9(4-12,5-13)6-14/h1,3,11-14H,2,4-6H2. The third-order valence-corrected chi connectivity index (χ3v) is 3.86. The molecule has 6 heteroatoms. The van der Waals surface area contributed by atoms with Gasteiger partial charge in [-0.25, -0.2) is 0 Å². The molecule has 4 N–H and O–H groups in total. The van der Waals surface area contributed by atoms with E-state index in [1.165, 1.54) is 0 Å². The predicted octanol–water partition coefficient (Wildman–Crippen LogP) is 0.316. The lowest BCUT2D eigenvalue weighted by Gasteiger charge is -2.28. The maximum atomic E-state index is 9.07. The van der Waals surface area contributed by atoms with Gasteiger partial charge in [-0.15, -0.1) is 11.3 Å². The van der Waals surface area contributed by atoms with Crippen molar-refractivity contribution in [3.63, 3.8) is 0 Å². The van der Waals surface area contributed by atoms with Crippen LogP contribution in [0.15, 0.2) is 15.9 Å². The van der Waals surface area contributed by atoms with Crippen molar-refractivity contribution >= 4 is 27.3 Å². The lowest BCUT2D eigenvalue weighted by molar-refractivity contribution is 0.0415. The van der Waals surface area contributed by atoms with Crippen molar-refractivity contribution in [1.29, 1.82) is 0 Å². The fourth-order valence-corrected chi connectivity index (χ4v) is 2.43. The summed E-state index contributed by atoms with van der Waals surface area (Å²) in [7, 11) is 0. The Hall–Kier alpha value is 0.0200. The zero-order valence-electron chi connectivity index (χ0n) is 8.11. The molecule has 1 aromatic rings. The Labute approximate surface area is 101 Å². The molecule has 0 amide bonds. The Morgan fingerprint density at radius 3 is 2.27 bits per heavy atom. The molecular weight excluding hydrogens is 282 g/mol. The summed E-state index contributed by atoms with van der Waals surface area (Å²) in [6.45, 7) is -0.385. The highest BCUT2D eigenvalue weighted by atomic mass is 79.9. The molecule has 0 unspecified atom stereocenters. The summed E-state index contributed by atoms with van der Waals surface area (Å²) >= 11 is 4.91. The van der Waals surface area contributed by atoms with Gasteiger partial charge in [0.05, 0.1) is 25.4 Å². The highest BCUT2D eigenvalue weighted by Crippen LogP contribution is 2.20. The number of thiophene rings is 1. The second kappa shape index (κ2) is 5.93. The van der Waals surface area contributed by atoms with Crippen molar-refractivity contribution in [2.45, 2.75) is 12.1 Å². The van der Waals surface area contributed by atoms with Crippen LogP contribution in [0.5, 0.6) is 0 Å². The molecule has 4 nitrogen and oxygen atoms in total. The summed E-state index contributed by atoms with van der Waals surface area (Å²) in [5.74, 6) is 0. The van der Waals surface area contributed by atoms with Gasteiger partial charge in [0.25, 0.3) is 0 Å². The molecule has 0 saturated carbocycles. The monoisotopic (exact) mass is 295 g/mol. The van der Waals surface area contributed by atoms with Gasteiger partial charge in [0.15, 0.2) is 0 Å². The lowest BCUT2D eigenvalue weighted by atomic mass is 10.0. The summed E-state index contributed by atoms with van der Waals surface area (Å²) in [6, 6.07) is 1.95. The SMILES string of the molecule is OCC(CO)(CO)NCc1cc(Br)cs1. The zero-order chi connectivity index (χ0) is 11.3. The van der Waals surface area contributed by atoms with Crippen LogP contribution < -0.4 is 5.32 Å². The van der Waals surface area contributed by atoms with E-state index in [1.807, 2.05) is 11.4 Å². The largest absolute Gasteiger partial charge is 0.394 e. The minimum Gasteiger partial charge on any atom is -0.394 e. The van der Waals surface area contributed by atoms with Crippen molar-refractivity contribution in [2.24, 2.45) is 0 Å². The molecule has 0 saturated heterocycles. The van der Waals surface area contributed by atoms with E-state index in [2.05, 4.69) is 21.2 Å². The van der Waals surface area contributed by atoms with Crippen LogP contribution in [0.1, 0.15) is 4.88 Å². The Morgan fingerprint density at radius 1 is 1.27 bits per heavy atom. The summed E-state index contributed by atoms with van der Waals surface area (Å²) in [5, 5.41) is 32.1. The van der Waals surface area contributed by atoms with Crippen molar-refractivity contribution in [1.82, 2.24) is 5.32 Å². The van der Waals surface area contributed by atoms with Crippen LogP contribution in [-0.2, 0) is 6.54 Å². The number of aliphatic hydroxyl groups excluding tert-OH is 3. The Bertz CT molecular complexity index is 293. The molecule has 1 aromatic heterocycles. The van der Waals surface area contributed by atoms with Gasteiger partial charge >= 0.3 is 0 Å². The summed E-state index contributed by atoms with van der Waals surface area (Å²) in [4.78, 5) is 1.07. The van der Waals surface area contributed by atoms with Crippen LogP contribution in [-0.4, -0.2) is 40.7 Å². The molecule has 0 radical (unpaired) electrons. The average molecular weight is 296 g/mol. The van der Waals surface area contributed by atoms with Gasteiger partial charge in [0.1, 0.15) is 0 Å². The van der Waals surface area contributed by atoms with Gasteiger partial charge in [-0.3, -0.25) is 0 Å². The van der Waals surface area contributed by atoms with E-state index in [0.29, 0.717) is 6.54 Å². The summed E-state index contributed by atoms with van der Waals surface area (Å²) in [5.41, 5.74) is -1.00. The maximum Gasteiger partial charge on any atom is 0.0884 e. The fourth-order valence-electron chi connectivity index (χ4n) is 1.04. The van der Waals surface area contributed by atoms with Crippen LogP contribution in [0.3, 0.4) is 0 Å². The topological polar surface area (TPSA) is 72.7 Å². The van der Waals surface area contributed by atoms with Crippen molar-refractivity contribution in [3.8, 4) is 0 Å². The molecule has 0 aliphatic heterocycles. The molecule has 0 aliphatic rings. The zero-order valence-corrected chi connectivity index (χ0v) is 10.5. The molecule has 0 aliphatic carbocycles. The molecule has 0 atom stereocenters. The van der Waals surface area contributed by atoms with E-state index < -0.39 is 5.54 Å². The molecule has 0 fully saturated rings. The van der Waals surface area contributed by atoms with Gasteiger partial charge in [0.2, 0.25) is 0 Å². The second-order valence-corrected chi connectivity index (χ2v) is 5.25. The van der Waals surface area contributed by atoms with Crippen LogP contribution in [0, 0.1) is 0 Å². The number of rotatable bonds is 6. The predicted molar refractivity (Wildman–Crippen MR) is 62.8 cm³/mol. The molecule has 15 heavy (non-hydrogen) atoms. The first-order valence-corrected chi connectivity index (χ1v) is 6.13. The van der Waals surface area contributed by atoms with Crippen molar-refractivity contribution in [3.05, 3.63) is 20.8 Å². The third-order valence-electron chi connectivity index (χ3n) is 2.17. The van der Waals surface area contributed by atoms with Crippen LogP contribution in [0.4, 0.5) is 0 Å².